The molecule has 0 spiro atoms. The summed E-state index contributed by atoms with van der Waals surface area (Å²) in [6.45, 7) is 0. The number of carbonyl (C=O) groups is 1. The first-order valence-electron chi connectivity index (χ1n) is 5.62. The molecule has 2 heterocycles. The second-order valence-corrected chi connectivity index (χ2v) is 4.95. The lowest BCUT2D eigenvalue weighted by molar-refractivity contribution is 0.0697. The molecular weight excluding hydrogens is 308 g/mol. The molecule has 5 heteroatoms. The SMILES string of the molecule is O=C(O)c1ccnc(-c2c[nH]c3cccc(Br)c23)c1. The van der Waals surface area contributed by atoms with Crippen molar-refractivity contribution in [3.05, 3.63) is 52.8 Å². The number of pyridine rings is 1. The summed E-state index contributed by atoms with van der Waals surface area (Å²) in [6.07, 6.45) is 3.35. The molecule has 0 unspecified atom stereocenters. The second-order valence-electron chi connectivity index (χ2n) is 4.10. The molecule has 0 saturated heterocycles. The number of aromatic amines is 1. The fourth-order valence-electron chi connectivity index (χ4n) is 2.05. The van der Waals surface area contributed by atoms with Gasteiger partial charge >= 0.3 is 5.97 Å². The van der Waals surface area contributed by atoms with Crippen molar-refractivity contribution in [2.45, 2.75) is 0 Å². The lowest BCUT2D eigenvalue weighted by Gasteiger charge is -2.02. The molecule has 1 aromatic carbocycles. The van der Waals surface area contributed by atoms with E-state index in [1.54, 1.807) is 6.07 Å². The Morgan fingerprint density at radius 3 is 2.95 bits per heavy atom. The van der Waals surface area contributed by atoms with Gasteiger partial charge in [-0.1, -0.05) is 22.0 Å². The predicted octanol–water partition coefficient (Wildman–Crippen LogP) is 3.69. The zero-order valence-corrected chi connectivity index (χ0v) is 11.3. The van der Waals surface area contributed by atoms with Crippen LogP contribution >= 0.6 is 15.9 Å². The summed E-state index contributed by atoms with van der Waals surface area (Å²) >= 11 is 3.51. The Morgan fingerprint density at radius 2 is 2.16 bits per heavy atom. The van der Waals surface area contributed by atoms with Crippen molar-refractivity contribution in [1.29, 1.82) is 0 Å². The Hall–Kier alpha value is -2.14. The van der Waals surface area contributed by atoms with Crippen LogP contribution in [0.5, 0.6) is 0 Å². The predicted molar refractivity (Wildman–Crippen MR) is 76.2 cm³/mol. The summed E-state index contributed by atoms with van der Waals surface area (Å²) in [7, 11) is 0. The number of rotatable bonds is 2. The molecule has 0 aliphatic heterocycles. The smallest absolute Gasteiger partial charge is 0.335 e. The molecule has 3 aromatic rings. The van der Waals surface area contributed by atoms with Crippen LogP contribution in [0.3, 0.4) is 0 Å². The van der Waals surface area contributed by atoms with Gasteiger partial charge in [-0.25, -0.2) is 4.79 Å². The minimum absolute atomic E-state index is 0.228. The van der Waals surface area contributed by atoms with Crippen molar-refractivity contribution >= 4 is 32.8 Å². The van der Waals surface area contributed by atoms with E-state index in [1.165, 1.54) is 12.3 Å². The number of aromatic nitrogens is 2. The summed E-state index contributed by atoms with van der Waals surface area (Å²) in [4.78, 5) is 18.4. The Labute approximate surface area is 117 Å². The van der Waals surface area contributed by atoms with Crippen LogP contribution in [0.25, 0.3) is 22.2 Å². The number of H-pyrrole nitrogens is 1. The number of nitrogens with one attached hydrogen (secondary N) is 1. The molecule has 2 N–H and O–H groups in total. The van der Waals surface area contributed by atoms with Crippen molar-refractivity contribution < 1.29 is 9.90 Å². The summed E-state index contributed by atoms with van der Waals surface area (Å²) in [5.41, 5.74) is 2.72. The van der Waals surface area contributed by atoms with Crippen LogP contribution in [0.1, 0.15) is 10.4 Å². The van der Waals surface area contributed by atoms with Gasteiger partial charge in [-0.3, -0.25) is 4.98 Å². The normalized spacial score (nSPS) is 10.8. The number of benzene rings is 1. The van der Waals surface area contributed by atoms with E-state index in [-0.39, 0.29) is 5.56 Å². The van der Waals surface area contributed by atoms with Gasteiger partial charge in [0.05, 0.1) is 11.3 Å². The maximum absolute atomic E-state index is 11.0. The molecule has 0 aliphatic rings. The van der Waals surface area contributed by atoms with Gasteiger partial charge in [-0.05, 0) is 24.3 Å². The summed E-state index contributed by atoms with van der Waals surface area (Å²) < 4.78 is 0.948. The quantitative estimate of drug-likeness (QED) is 0.757. The monoisotopic (exact) mass is 316 g/mol. The van der Waals surface area contributed by atoms with Crippen LogP contribution in [-0.4, -0.2) is 21.0 Å². The molecule has 4 nitrogen and oxygen atoms in total. The van der Waals surface area contributed by atoms with E-state index in [2.05, 4.69) is 25.9 Å². The maximum Gasteiger partial charge on any atom is 0.335 e. The van der Waals surface area contributed by atoms with Crippen LogP contribution in [0, 0.1) is 0 Å². The first kappa shape index (κ1) is 11.9. The van der Waals surface area contributed by atoms with Gasteiger partial charge in [0, 0.05) is 33.3 Å². The summed E-state index contributed by atoms with van der Waals surface area (Å²) in [5.74, 6) is -0.956. The number of nitrogens with zero attached hydrogens (tertiary/aromatic N) is 1. The van der Waals surface area contributed by atoms with Gasteiger partial charge in [-0.15, -0.1) is 0 Å². The number of aromatic carboxylic acids is 1. The van der Waals surface area contributed by atoms with E-state index in [9.17, 15) is 4.79 Å². The molecule has 0 fully saturated rings. The lowest BCUT2D eigenvalue weighted by Crippen LogP contribution is -1.97. The van der Waals surface area contributed by atoms with Gasteiger partial charge in [-0.2, -0.15) is 0 Å². The van der Waals surface area contributed by atoms with Gasteiger partial charge < -0.3 is 10.1 Å². The average molecular weight is 317 g/mol. The number of hydrogen-bond donors (Lipinski definition) is 2. The van der Waals surface area contributed by atoms with Crippen LogP contribution in [0.2, 0.25) is 0 Å². The van der Waals surface area contributed by atoms with Gasteiger partial charge in [0.1, 0.15) is 0 Å². The first-order chi connectivity index (χ1) is 9.16. The highest BCUT2D eigenvalue weighted by molar-refractivity contribution is 9.10. The van der Waals surface area contributed by atoms with E-state index in [0.717, 1.165) is 20.9 Å². The van der Waals surface area contributed by atoms with Gasteiger partial charge in [0.25, 0.3) is 0 Å². The summed E-state index contributed by atoms with van der Waals surface area (Å²) in [5, 5.41) is 10.0. The highest BCUT2D eigenvalue weighted by Crippen LogP contribution is 2.33. The minimum atomic E-state index is -0.956. The molecule has 0 saturated carbocycles. The molecule has 0 atom stereocenters. The number of carboxylic acid groups (broad SMARTS) is 1. The third kappa shape index (κ3) is 2.02. The largest absolute Gasteiger partial charge is 0.478 e. The third-order valence-corrected chi connectivity index (χ3v) is 3.60. The topological polar surface area (TPSA) is 66.0 Å². The van der Waals surface area contributed by atoms with Crippen molar-refractivity contribution in [3.8, 4) is 11.3 Å². The molecule has 2 aromatic heterocycles. The number of halogens is 1. The zero-order chi connectivity index (χ0) is 13.4. The molecular formula is C14H9BrN2O2. The summed E-state index contributed by atoms with van der Waals surface area (Å²) in [6, 6.07) is 8.90. The molecule has 94 valence electrons. The van der Waals surface area contributed by atoms with Crippen LogP contribution in [-0.2, 0) is 0 Å². The van der Waals surface area contributed by atoms with Crippen molar-refractivity contribution in [3.63, 3.8) is 0 Å². The molecule has 3 rings (SSSR count). The van der Waals surface area contributed by atoms with Gasteiger partial charge in [0.2, 0.25) is 0 Å². The molecule has 0 bridgehead atoms. The highest BCUT2D eigenvalue weighted by Gasteiger charge is 2.12. The first-order valence-corrected chi connectivity index (χ1v) is 6.41. The second kappa shape index (κ2) is 4.51. The Balaban J connectivity index is 2.25. The fraction of sp³-hybridized carbons (Fsp3) is 0. The molecule has 0 amide bonds. The molecule has 0 radical (unpaired) electrons. The van der Waals surface area contributed by atoms with Crippen LogP contribution in [0.4, 0.5) is 0 Å². The standard InChI is InChI=1S/C14H9BrN2O2/c15-10-2-1-3-11-13(10)9(7-17-11)12-6-8(14(18)19)4-5-16-12/h1-7,17H,(H,18,19). The van der Waals surface area contributed by atoms with E-state index >= 15 is 0 Å². The van der Waals surface area contributed by atoms with Gasteiger partial charge in [0.15, 0.2) is 0 Å². The average Bonchev–Trinajstić information content (AvgIpc) is 2.84. The number of carboxylic acids is 1. The zero-order valence-electron chi connectivity index (χ0n) is 9.72. The minimum Gasteiger partial charge on any atom is -0.478 e. The lowest BCUT2D eigenvalue weighted by atomic mass is 10.1. The van der Waals surface area contributed by atoms with Crippen molar-refractivity contribution in [2.24, 2.45) is 0 Å². The van der Waals surface area contributed by atoms with E-state index in [4.69, 9.17) is 5.11 Å². The third-order valence-electron chi connectivity index (χ3n) is 2.94. The molecule has 19 heavy (non-hydrogen) atoms. The maximum atomic E-state index is 11.0. The van der Waals surface area contributed by atoms with Crippen LogP contribution < -0.4 is 0 Å². The fourth-order valence-corrected chi connectivity index (χ4v) is 2.63. The number of hydrogen-bond acceptors (Lipinski definition) is 2. The van der Waals surface area contributed by atoms with E-state index in [1.807, 2.05) is 24.4 Å². The molecule has 0 aliphatic carbocycles. The van der Waals surface area contributed by atoms with E-state index < -0.39 is 5.97 Å². The Kier molecular flexibility index (Phi) is 2.83. The van der Waals surface area contributed by atoms with E-state index in [0.29, 0.717) is 5.69 Å². The van der Waals surface area contributed by atoms with Crippen LogP contribution in [0.15, 0.2) is 47.2 Å². The Bertz CT molecular complexity index is 780. The van der Waals surface area contributed by atoms with Crippen molar-refractivity contribution in [1.82, 2.24) is 9.97 Å². The Morgan fingerprint density at radius 1 is 1.32 bits per heavy atom. The highest BCUT2D eigenvalue weighted by atomic mass is 79.9. The number of fused-ring (bicyclic) bond motifs is 1. The van der Waals surface area contributed by atoms with Crippen molar-refractivity contribution in [2.75, 3.05) is 0 Å².